The molecule has 1 N–H and O–H groups in total. The van der Waals surface area contributed by atoms with Crippen molar-refractivity contribution in [3.05, 3.63) is 90.2 Å². The van der Waals surface area contributed by atoms with Crippen LogP contribution in [0, 0.1) is 23.2 Å². The Labute approximate surface area is 343 Å². The predicted octanol–water partition coefficient (Wildman–Crippen LogP) is 5.91. The molecule has 0 fully saturated rings. The van der Waals surface area contributed by atoms with Gasteiger partial charge < -0.3 is 19.3 Å². The largest absolute Gasteiger partial charge is 0.494 e. The highest BCUT2D eigenvalue weighted by Crippen LogP contribution is 2.53. The Kier molecular flexibility index (Phi) is 11.3. The second-order valence-electron chi connectivity index (χ2n) is 16.2. The number of aliphatic imine (C=N–C) groups is 3. The van der Waals surface area contributed by atoms with E-state index in [1.54, 1.807) is 12.2 Å². The molecule has 0 saturated heterocycles. The minimum atomic E-state index is -1.15. The van der Waals surface area contributed by atoms with Gasteiger partial charge in [-0.15, -0.1) is 0 Å². The van der Waals surface area contributed by atoms with Gasteiger partial charge in [0, 0.05) is 42.6 Å². The van der Waals surface area contributed by atoms with Crippen LogP contribution >= 0.6 is 0 Å². The third-order valence-electron chi connectivity index (χ3n) is 13.0. The molecule has 13 nitrogen and oxygen atoms in total. The Hall–Kier alpha value is -5.72. The monoisotopic (exact) mass is 803 g/mol. The molecule has 5 aliphatic heterocycles. The van der Waals surface area contributed by atoms with Gasteiger partial charge in [-0.05, 0) is 74.5 Å². The summed E-state index contributed by atoms with van der Waals surface area (Å²) in [6, 6.07) is 0. The summed E-state index contributed by atoms with van der Waals surface area (Å²) >= 11 is 0. The Morgan fingerprint density at radius 2 is 1.69 bits per heavy atom. The fraction of sp³-hybridized carbons (Fsp3) is 0.478. The van der Waals surface area contributed by atoms with Gasteiger partial charge in [0.05, 0.1) is 77.0 Å². The average molecular weight is 804 g/mol. The molecule has 8 bridgehead atoms. The second kappa shape index (κ2) is 16.1. The number of pyridine rings is 1. The molecular weight excluding hydrogens is 751 g/mol. The van der Waals surface area contributed by atoms with Crippen LogP contribution in [-0.2, 0) is 35.1 Å². The Morgan fingerprint density at radius 1 is 0.932 bits per heavy atom. The zero-order chi connectivity index (χ0) is 42.5. The van der Waals surface area contributed by atoms with E-state index in [2.05, 4.69) is 13.8 Å². The molecule has 6 heterocycles. The van der Waals surface area contributed by atoms with Crippen LogP contribution < -0.4 is 16.1 Å². The first kappa shape index (κ1) is 41.4. The normalized spacial score (nSPS) is 24.1. The van der Waals surface area contributed by atoms with E-state index in [0.717, 1.165) is 41.8 Å². The third-order valence-corrected chi connectivity index (χ3v) is 13.0. The van der Waals surface area contributed by atoms with Gasteiger partial charge in [0.25, 0.3) is 5.56 Å². The highest BCUT2D eigenvalue weighted by molar-refractivity contribution is 6.20. The number of unbranched alkanes of at least 4 members (excludes halogenated alkanes) is 3. The van der Waals surface area contributed by atoms with E-state index < -0.39 is 28.8 Å². The van der Waals surface area contributed by atoms with E-state index in [0.29, 0.717) is 76.4 Å². The highest BCUT2D eigenvalue weighted by Gasteiger charge is 2.55. The molecule has 0 amide bonds. The summed E-state index contributed by atoms with van der Waals surface area (Å²) in [7, 11) is 3.94. The molecule has 0 spiro atoms. The summed E-state index contributed by atoms with van der Waals surface area (Å²) in [6.07, 6.45) is 12.2. The van der Waals surface area contributed by atoms with Crippen molar-refractivity contribution in [3.8, 4) is 5.88 Å². The average Bonchev–Trinajstić information content (AvgIpc) is 3.90. The van der Waals surface area contributed by atoms with Crippen molar-refractivity contribution in [1.29, 1.82) is 0 Å². The zero-order valence-electron chi connectivity index (χ0n) is 35.4. The number of aromatic nitrogens is 1. The molecule has 2 unspecified atom stereocenters. The van der Waals surface area contributed by atoms with Crippen LogP contribution in [0.4, 0.5) is 0 Å². The first-order chi connectivity index (χ1) is 28.2. The quantitative estimate of drug-likeness (QED) is 0.164. The minimum absolute atomic E-state index is 0.125. The smallest absolute Gasteiger partial charge is 0.334 e. The van der Waals surface area contributed by atoms with Crippen molar-refractivity contribution < 1.29 is 33.7 Å². The van der Waals surface area contributed by atoms with Gasteiger partial charge in [-0.25, -0.2) is 9.79 Å². The number of hydrogen-bond donors (Lipinski definition) is 1. The van der Waals surface area contributed by atoms with E-state index in [9.17, 15) is 24.3 Å². The van der Waals surface area contributed by atoms with Gasteiger partial charge in [0.15, 0.2) is 0 Å². The number of allylic oxidation sites excluding steroid dienone is 8. The molecule has 0 aromatic carbocycles. The van der Waals surface area contributed by atoms with Crippen LogP contribution in [0.15, 0.2) is 88.5 Å². The first-order valence-corrected chi connectivity index (χ1v) is 20.6. The van der Waals surface area contributed by atoms with Crippen molar-refractivity contribution in [2.24, 2.45) is 43.1 Å². The molecule has 59 heavy (non-hydrogen) atoms. The summed E-state index contributed by atoms with van der Waals surface area (Å²) in [6.45, 7) is 12.3. The van der Waals surface area contributed by atoms with Gasteiger partial charge in [-0.1, -0.05) is 52.2 Å². The molecule has 1 aromatic rings. The topological polar surface area (TPSA) is 171 Å². The van der Waals surface area contributed by atoms with Crippen molar-refractivity contribution in [1.82, 2.24) is 4.57 Å². The molecular formula is C46H53N5O8. The number of carbonyl (C=O) groups excluding carboxylic acids is 3. The maximum atomic E-state index is 14.9. The van der Waals surface area contributed by atoms with E-state index in [1.165, 1.54) is 25.9 Å². The van der Waals surface area contributed by atoms with Crippen LogP contribution in [0.2, 0.25) is 0 Å². The number of rotatable bonds is 11. The number of aromatic hydroxyl groups is 1. The lowest BCUT2D eigenvalue weighted by Crippen LogP contribution is -2.48. The summed E-state index contributed by atoms with van der Waals surface area (Å²) < 4.78 is 17.0. The van der Waals surface area contributed by atoms with Crippen LogP contribution in [-0.4, -0.2) is 66.0 Å². The minimum Gasteiger partial charge on any atom is -0.494 e. The summed E-state index contributed by atoms with van der Waals surface area (Å²) in [5.74, 6) is -3.43. The molecule has 310 valence electrons. The van der Waals surface area contributed by atoms with Crippen LogP contribution in [0.25, 0.3) is 11.3 Å². The molecule has 6 aliphatic rings. The third kappa shape index (κ3) is 6.72. The standard InChI is InChI=1S/C46H53N5O8/c1-10-12-13-14-19-51-42(53)37-25(5)32-21-34-29-17-15-28(44(55)58-8)39(45(56)59-9)46(29,6)35(48-34)22-33-26(11-2)23(3)30(47-33)20-31-24(4)27(16-18-36(52)57-7)40(49-31)38(43(51)54)41(37)50-32/h15,17,20-21,24,27,39,53H,10-14,16,18-19,22H2,1-9H3/t24-,27-,39?,46?/m0/s1. The van der Waals surface area contributed by atoms with Crippen molar-refractivity contribution in [2.75, 3.05) is 21.3 Å². The van der Waals surface area contributed by atoms with Crippen molar-refractivity contribution >= 4 is 46.3 Å². The summed E-state index contributed by atoms with van der Waals surface area (Å²) in [5.41, 5.74) is 6.66. The lowest BCUT2D eigenvalue weighted by molar-refractivity contribution is -0.149. The maximum Gasteiger partial charge on any atom is 0.334 e. The SMILES string of the molecule is CCCCCCn1c(O)c2c3c(c1=O)=C1N=C(C=C4N=C(CC5=NC(=CC(=C2C)N=3)C2=CC=C(C(=O)OC)C(C(=O)OC)C25C)C(CC)=C4C)[C@@H](C)[C@@H]1CCC(=O)OC. The van der Waals surface area contributed by atoms with Crippen LogP contribution in [0.5, 0.6) is 5.88 Å². The fourth-order valence-electron chi connectivity index (χ4n) is 9.57. The lowest BCUT2D eigenvalue weighted by Gasteiger charge is -2.38. The predicted molar refractivity (Wildman–Crippen MR) is 225 cm³/mol. The van der Waals surface area contributed by atoms with E-state index in [-0.39, 0.29) is 47.3 Å². The lowest BCUT2D eigenvalue weighted by atomic mass is 9.62. The van der Waals surface area contributed by atoms with Gasteiger partial charge >= 0.3 is 17.9 Å². The number of methoxy groups -OCH3 is 3. The second-order valence-corrected chi connectivity index (χ2v) is 16.2. The number of ether oxygens (including phenoxy) is 3. The number of esters is 3. The van der Waals surface area contributed by atoms with E-state index >= 15 is 0 Å². The zero-order valence-corrected chi connectivity index (χ0v) is 35.4. The molecule has 4 atom stereocenters. The van der Waals surface area contributed by atoms with Gasteiger partial charge in [0.1, 0.15) is 5.92 Å². The molecule has 1 aliphatic carbocycles. The van der Waals surface area contributed by atoms with Crippen LogP contribution in [0.3, 0.4) is 0 Å². The maximum absolute atomic E-state index is 14.9. The number of carbonyl (C=O) groups is 3. The molecule has 0 radical (unpaired) electrons. The van der Waals surface area contributed by atoms with Gasteiger partial charge in [-0.3, -0.25) is 33.9 Å². The van der Waals surface area contributed by atoms with Crippen molar-refractivity contribution in [3.63, 3.8) is 0 Å². The molecule has 13 heteroatoms. The first-order valence-electron chi connectivity index (χ1n) is 20.6. The summed E-state index contributed by atoms with van der Waals surface area (Å²) in [4.78, 5) is 75.3. The fourth-order valence-corrected chi connectivity index (χ4v) is 9.57. The number of fused-ring (bicyclic) bond motifs is 7. The van der Waals surface area contributed by atoms with Crippen molar-refractivity contribution in [2.45, 2.75) is 99.5 Å². The Morgan fingerprint density at radius 3 is 2.37 bits per heavy atom. The van der Waals surface area contributed by atoms with Gasteiger partial charge in [-0.2, -0.15) is 0 Å². The number of nitrogens with zero attached hydrogens (tertiary/aromatic N) is 5. The van der Waals surface area contributed by atoms with Crippen LogP contribution in [0.1, 0.15) is 98.5 Å². The van der Waals surface area contributed by atoms with E-state index in [4.69, 9.17) is 34.2 Å². The molecule has 7 rings (SSSR count). The molecule has 1 aromatic heterocycles. The Balaban J connectivity index is 1.58. The number of hydrogen-bond acceptors (Lipinski definition) is 12. The van der Waals surface area contributed by atoms with E-state index in [1.807, 2.05) is 39.8 Å². The highest BCUT2D eigenvalue weighted by atomic mass is 16.5. The molecule has 0 saturated carbocycles. The summed E-state index contributed by atoms with van der Waals surface area (Å²) in [5, 5.41) is 12.6. The van der Waals surface area contributed by atoms with Gasteiger partial charge in [0.2, 0.25) is 5.88 Å². The Bertz CT molecular complexity index is 2560.